The van der Waals surface area contributed by atoms with E-state index >= 15 is 0 Å². The van der Waals surface area contributed by atoms with E-state index in [-0.39, 0.29) is 37.5 Å². The van der Waals surface area contributed by atoms with Gasteiger partial charge in [0.1, 0.15) is 6.61 Å². The van der Waals surface area contributed by atoms with Crippen molar-refractivity contribution in [3.63, 3.8) is 0 Å². The second-order valence-electron chi connectivity index (χ2n) is 4.33. The number of nitrogens with one attached hydrogen (secondary N) is 3. The number of amides is 2. The largest absolute Gasteiger partial charge is 0.461 e. The van der Waals surface area contributed by atoms with Crippen molar-refractivity contribution < 1.29 is 19.1 Å². The molecule has 1 rings (SSSR count). The van der Waals surface area contributed by atoms with Crippen LogP contribution in [0.1, 0.15) is 26.3 Å². The highest BCUT2D eigenvalue weighted by Crippen LogP contribution is 2.10. The average Bonchev–Trinajstić information content (AvgIpc) is 2.54. The molecule has 0 fully saturated rings. The minimum Gasteiger partial charge on any atom is -0.461 e. The number of likely N-dealkylation sites (N-methyl/N-ethyl adjacent to an activating group) is 1. The number of anilines is 1. The van der Waals surface area contributed by atoms with E-state index in [1.807, 2.05) is 13.8 Å². The normalized spacial score (nSPS) is 9.22. The summed E-state index contributed by atoms with van der Waals surface area (Å²) in [5.74, 6) is -0.902. The second-order valence-corrected chi connectivity index (χ2v) is 4.33. The Balaban J connectivity index is 0.00000232. The number of hydrogen-bond donors (Lipinski definition) is 3. The van der Waals surface area contributed by atoms with Crippen molar-refractivity contribution in [2.75, 3.05) is 25.5 Å². The molecule has 0 aliphatic rings. The van der Waals surface area contributed by atoms with E-state index in [4.69, 9.17) is 4.74 Å². The van der Waals surface area contributed by atoms with Crippen LogP contribution in [0.25, 0.3) is 0 Å². The Bertz CT molecular complexity index is 501. The van der Waals surface area contributed by atoms with E-state index in [9.17, 15) is 14.4 Å². The molecule has 7 nitrogen and oxygen atoms in total. The van der Waals surface area contributed by atoms with Crippen molar-refractivity contribution in [2.24, 2.45) is 0 Å². The van der Waals surface area contributed by atoms with Crippen LogP contribution >= 0.6 is 0 Å². The summed E-state index contributed by atoms with van der Waals surface area (Å²) in [4.78, 5) is 33.5. The number of benzene rings is 1. The Hall–Kier alpha value is -2.41. The van der Waals surface area contributed by atoms with Gasteiger partial charge in [0.2, 0.25) is 11.8 Å². The quantitative estimate of drug-likeness (QED) is 0.652. The molecule has 0 bridgehead atoms. The third-order valence-electron chi connectivity index (χ3n) is 2.46. The first kappa shape index (κ1) is 20.6. The van der Waals surface area contributed by atoms with E-state index in [2.05, 4.69) is 16.0 Å². The van der Waals surface area contributed by atoms with Crippen LogP contribution in [0.5, 0.6) is 0 Å². The molecular weight excluding hydrogens is 298 g/mol. The van der Waals surface area contributed by atoms with E-state index in [1.165, 1.54) is 6.92 Å². The van der Waals surface area contributed by atoms with Crippen molar-refractivity contribution in [3.8, 4) is 0 Å². The Kier molecular flexibility index (Phi) is 10.9. The van der Waals surface area contributed by atoms with Gasteiger partial charge in [-0.1, -0.05) is 26.0 Å². The summed E-state index contributed by atoms with van der Waals surface area (Å²) < 4.78 is 4.86. The highest BCUT2D eigenvalue weighted by Gasteiger charge is 2.05. The number of rotatable bonds is 7. The van der Waals surface area contributed by atoms with Gasteiger partial charge in [0, 0.05) is 12.6 Å². The molecule has 0 spiro atoms. The summed E-state index contributed by atoms with van der Waals surface area (Å²) in [6.45, 7) is 5.62. The number of ether oxygens (including phenoxy) is 1. The van der Waals surface area contributed by atoms with Crippen LogP contribution in [-0.4, -0.2) is 37.9 Å². The molecule has 128 valence electrons. The molecule has 2 amide bonds. The molecule has 0 saturated heterocycles. The van der Waals surface area contributed by atoms with Crippen LogP contribution in [-0.2, 0) is 25.7 Å². The van der Waals surface area contributed by atoms with Crippen molar-refractivity contribution in [2.45, 2.75) is 27.4 Å². The highest BCUT2D eigenvalue weighted by atomic mass is 16.5. The standard InChI is InChI=1S/C14H19N3O4.C2H6/c1-10(18)21-9-11-3-5-12(6-4-11)17-14(20)8-16-13(19)7-15-2;1-2/h3-6,15H,7-9H2,1-2H3,(H,16,19)(H,17,20);1-2H3. The summed E-state index contributed by atoms with van der Waals surface area (Å²) in [7, 11) is 1.65. The lowest BCUT2D eigenvalue weighted by atomic mass is 10.2. The van der Waals surface area contributed by atoms with Crippen molar-refractivity contribution in [3.05, 3.63) is 29.8 Å². The second kappa shape index (κ2) is 12.2. The molecule has 0 unspecified atom stereocenters. The van der Waals surface area contributed by atoms with Gasteiger partial charge < -0.3 is 20.7 Å². The fourth-order valence-electron chi connectivity index (χ4n) is 1.48. The molecule has 0 saturated carbocycles. The van der Waals surface area contributed by atoms with Crippen molar-refractivity contribution in [1.82, 2.24) is 10.6 Å². The van der Waals surface area contributed by atoms with Gasteiger partial charge >= 0.3 is 5.97 Å². The van der Waals surface area contributed by atoms with Crippen LogP contribution in [0.3, 0.4) is 0 Å². The predicted molar refractivity (Wildman–Crippen MR) is 88.8 cm³/mol. The first-order chi connectivity index (χ1) is 11.0. The number of hydrogen-bond acceptors (Lipinski definition) is 5. The van der Waals surface area contributed by atoms with Gasteiger partial charge in [0.05, 0.1) is 13.1 Å². The van der Waals surface area contributed by atoms with Gasteiger partial charge in [-0.2, -0.15) is 0 Å². The van der Waals surface area contributed by atoms with Crippen LogP contribution < -0.4 is 16.0 Å². The monoisotopic (exact) mass is 323 g/mol. The molecule has 23 heavy (non-hydrogen) atoms. The lowest BCUT2D eigenvalue weighted by molar-refractivity contribution is -0.142. The van der Waals surface area contributed by atoms with E-state index in [1.54, 1.807) is 31.3 Å². The van der Waals surface area contributed by atoms with E-state index in [0.717, 1.165) is 5.56 Å². The third kappa shape index (κ3) is 10.0. The summed E-state index contributed by atoms with van der Waals surface area (Å²) in [6, 6.07) is 6.90. The zero-order valence-electron chi connectivity index (χ0n) is 14.1. The Morgan fingerprint density at radius 2 is 1.61 bits per heavy atom. The Morgan fingerprint density at radius 3 is 2.13 bits per heavy atom. The first-order valence-corrected chi connectivity index (χ1v) is 7.44. The highest BCUT2D eigenvalue weighted by molar-refractivity contribution is 5.94. The number of carbonyl (C=O) groups excluding carboxylic acids is 3. The molecule has 0 atom stereocenters. The number of carbonyl (C=O) groups is 3. The molecule has 0 heterocycles. The molecule has 0 aromatic heterocycles. The molecular formula is C16H25N3O4. The van der Waals surface area contributed by atoms with Crippen LogP contribution in [0.15, 0.2) is 24.3 Å². The van der Waals surface area contributed by atoms with E-state index in [0.29, 0.717) is 5.69 Å². The Morgan fingerprint density at radius 1 is 1.00 bits per heavy atom. The SMILES string of the molecule is CC.CNCC(=O)NCC(=O)Nc1ccc(COC(C)=O)cc1. The Labute approximate surface area is 136 Å². The minimum absolute atomic E-state index is 0.0876. The van der Waals surface area contributed by atoms with Crippen LogP contribution in [0, 0.1) is 0 Å². The van der Waals surface area contributed by atoms with Gasteiger partial charge in [-0.25, -0.2) is 0 Å². The molecule has 0 aliphatic carbocycles. The summed E-state index contributed by atoms with van der Waals surface area (Å²) in [5.41, 5.74) is 1.43. The maximum absolute atomic E-state index is 11.6. The molecule has 3 N–H and O–H groups in total. The zero-order chi connectivity index (χ0) is 17.7. The predicted octanol–water partition coefficient (Wildman–Crippen LogP) is 1.05. The lowest BCUT2D eigenvalue weighted by Gasteiger charge is -2.08. The maximum Gasteiger partial charge on any atom is 0.302 e. The summed E-state index contributed by atoms with van der Waals surface area (Å²) >= 11 is 0. The van der Waals surface area contributed by atoms with E-state index < -0.39 is 0 Å². The van der Waals surface area contributed by atoms with Crippen molar-refractivity contribution >= 4 is 23.5 Å². The van der Waals surface area contributed by atoms with Crippen LogP contribution in [0.4, 0.5) is 5.69 Å². The summed E-state index contributed by atoms with van der Waals surface area (Å²) in [5, 5.41) is 7.81. The molecule has 1 aromatic carbocycles. The first-order valence-electron chi connectivity index (χ1n) is 7.44. The van der Waals surface area contributed by atoms with Crippen LogP contribution in [0.2, 0.25) is 0 Å². The molecule has 0 radical (unpaired) electrons. The average molecular weight is 323 g/mol. The van der Waals surface area contributed by atoms with Gasteiger partial charge in [-0.3, -0.25) is 14.4 Å². The maximum atomic E-state index is 11.6. The van der Waals surface area contributed by atoms with Crippen molar-refractivity contribution in [1.29, 1.82) is 0 Å². The fraction of sp³-hybridized carbons (Fsp3) is 0.438. The molecule has 1 aromatic rings. The van der Waals surface area contributed by atoms with Gasteiger partial charge in [-0.15, -0.1) is 0 Å². The minimum atomic E-state index is -0.343. The summed E-state index contributed by atoms with van der Waals surface area (Å²) in [6.07, 6.45) is 0. The third-order valence-corrected chi connectivity index (χ3v) is 2.46. The zero-order valence-corrected chi connectivity index (χ0v) is 14.1. The van der Waals surface area contributed by atoms with Gasteiger partial charge in [0.25, 0.3) is 0 Å². The molecule has 7 heteroatoms. The fourth-order valence-corrected chi connectivity index (χ4v) is 1.48. The number of esters is 1. The topological polar surface area (TPSA) is 96.5 Å². The van der Waals surface area contributed by atoms with Gasteiger partial charge in [-0.05, 0) is 24.7 Å². The van der Waals surface area contributed by atoms with Gasteiger partial charge in [0.15, 0.2) is 0 Å². The molecule has 0 aliphatic heterocycles. The lowest BCUT2D eigenvalue weighted by Crippen LogP contribution is -2.37. The smallest absolute Gasteiger partial charge is 0.302 e.